The summed E-state index contributed by atoms with van der Waals surface area (Å²) in [5.41, 5.74) is 7.53. The molecule has 1 aromatic heterocycles. The molecule has 110 valence electrons. The lowest BCUT2D eigenvalue weighted by molar-refractivity contribution is 0.356. The van der Waals surface area contributed by atoms with Gasteiger partial charge in [-0.3, -0.25) is 0 Å². The predicted octanol–water partition coefficient (Wildman–Crippen LogP) is 2.29. The molecule has 2 N–H and O–H groups in total. The first kappa shape index (κ1) is 12.6. The molecule has 1 aromatic carbocycles. The van der Waals surface area contributed by atoms with E-state index in [0.29, 0.717) is 11.7 Å². The number of benzene rings is 1. The number of nitrogens with zero attached hydrogens (tertiary/aromatic N) is 4. The summed E-state index contributed by atoms with van der Waals surface area (Å²) in [5, 5.41) is 12.4. The first-order valence-corrected chi connectivity index (χ1v) is 7.49. The first-order chi connectivity index (χ1) is 10.3. The van der Waals surface area contributed by atoms with Gasteiger partial charge in [0.15, 0.2) is 5.82 Å². The van der Waals surface area contributed by atoms with Crippen LogP contribution in [-0.4, -0.2) is 27.3 Å². The van der Waals surface area contributed by atoms with Crippen molar-refractivity contribution < 1.29 is 4.74 Å². The average molecular weight is 285 g/mol. The van der Waals surface area contributed by atoms with Crippen molar-refractivity contribution in [1.82, 2.24) is 20.2 Å². The number of aromatic nitrogens is 4. The second-order valence-electron chi connectivity index (χ2n) is 6.11. The van der Waals surface area contributed by atoms with Crippen LogP contribution in [0.5, 0.6) is 5.75 Å². The van der Waals surface area contributed by atoms with E-state index in [0.717, 1.165) is 29.0 Å². The standard InChI is InChI=1S/C15H19N5O/c1-21-13-7-11(6-12(16)8-13)15-17-18-19-20(15)14(9-2-3-9)10-4-5-10/h6-10,14H,2-5,16H2,1H3. The normalized spacial score (nSPS) is 18.2. The maximum Gasteiger partial charge on any atom is 0.182 e. The van der Waals surface area contributed by atoms with Crippen LogP contribution in [-0.2, 0) is 0 Å². The van der Waals surface area contributed by atoms with E-state index in [4.69, 9.17) is 10.5 Å². The third-order valence-electron chi connectivity index (χ3n) is 4.41. The molecule has 6 heteroatoms. The van der Waals surface area contributed by atoms with Crippen molar-refractivity contribution in [3.63, 3.8) is 0 Å². The van der Waals surface area contributed by atoms with Crippen molar-refractivity contribution in [2.24, 2.45) is 11.8 Å². The molecule has 6 nitrogen and oxygen atoms in total. The fourth-order valence-electron chi connectivity index (χ4n) is 3.11. The van der Waals surface area contributed by atoms with Crippen molar-refractivity contribution in [2.75, 3.05) is 12.8 Å². The summed E-state index contributed by atoms with van der Waals surface area (Å²) in [6.45, 7) is 0. The van der Waals surface area contributed by atoms with Crippen molar-refractivity contribution in [3.05, 3.63) is 18.2 Å². The summed E-state index contributed by atoms with van der Waals surface area (Å²) in [7, 11) is 1.64. The maximum absolute atomic E-state index is 5.95. The monoisotopic (exact) mass is 285 g/mol. The number of rotatable bonds is 5. The first-order valence-electron chi connectivity index (χ1n) is 7.49. The maximum atomic E-state index is 5.95. The second kappa shape index (κ2) is 4.72. The van der Waals surface area contributed by atoms with Gasteiger partial charge in [-0.15, -0.1) is 5.10 Å². The summed E-state index contributed by atoms with van der Waals surface area (Å²) in [6.07, 6.45) is 5.17. The minimum absolute atomic E-state index is 0.447. The van der Waals surface area contributed by atoms with Crippen molar-refractivity contribution >= 4 is 5.69 Å². The lowest BCUT2D eigenvalue weighted by Gasteiger charge is -2.17. The molecule has 0 aliphatic heterocycles. The molecular weight excluding hydrogens is 266 g/mol. The van der Waals surface area contributed by atoms with Crippen LogP contribution < -0.4 is 10.5 Å². The van der Waals surface area contributed by atoms with Gasteiger partial charge in [-0.05, 0) is 60.1 Å². The predicted molar refractivity (Wildman–Crippen MR) is 78.7 cm³/mol. The average Bonchev–Trinajstić information content (AvgIpc) is 3.39. The molecule has 2 fully saturated rings. The Kier molecular flexibility index (Phi) is 2.83. The topological polar surface area (TPSA) is 78.8 Å². The van der Waals surface area contributed by atoms with E-state index < -0.39 is 0 Å². The zero-order valence-corrected chi connectivity index (χ0v) is 12.1. The number of nitrogen functional groups attached to an aromatic ring is 1. The molecule has 0 amide bonds. The van der Waals surface area contributed by atoms with E-state index in [9.17, 15) is 0 Å². The summed E-state index contributed by atoms with van der Waals surface area (Å²) < 4.78 is 7.31. The molecule has 0 bridgehead atoms. The van der Waals surface area contributed by atoms with Gasteiger partial charge in [0.25, 0.3) is 0 Å². The highest BCUT2D eigenvalue weighted by molar-refractivity contribution is 5.64. The molecular formula is C15H19N5O. The van der Waals surface area contributed by atoms with E-state index in [1.807, 2.05) is 16.8 Å². The van der Waals surface area contributed by atoms with Gasteiger partial charge in [0.1, 0.15) is 5.75 Å². The number of nitrogens with two attached hydrogens (primary N) is 1. The van der Waals surface area contributed by atoms with Crippen LogP contribution in [0.1, 0.15) is 31.7 Å². The Bertz CT molecular complexity index is 648. The van der Waals surface area contributed by atoms with Crippen LogP contribution in [0.25, 0.3) is 11.4 Å². The summed E-state index contributed by atoms with van der Waals surface area (Å²) in [4.78, 5) is 0. The highest BCUT2D eigenvalue weighted by Gasteiger charge is 2.44. The van der Waals surface area contributed by atoms with E-state index in [-0.39, 0.29) is 0 Å². The SMILES string of the molecule is COc1cc(N)cc(-c2nnnn2C(C2CC2)C2CC2)c1. The molecule has 2 aliphatic rings. The van der Waals surface area contributed by atoms with Crippen LogP contribution in [0, 0.1) is 11.8 Å². The Hall–Kier alpha value is -2.11. The van der Waals surface area contributed by atoms with Gasteiger partial charge in [0, 0.05) is 17.3 Å². The van der Waals surface area contributed by atoms with Gasteiger partial charge >= 0.3 is 0 Å². The van der Waals surface area contributed by atoms with Gasteiger partial charge in [-0.2, -0.15) is 0 Å². The minimum Gasteiger partial charge on any atom is -0.497 e. The number of tetrazole rings is 1. The fourth-order valence-corrected chi connectivity index (χ4v) is 3.11. The van der Waals surface area contributed by atoms with E-state index >= 15 is 0 Å². The third kappa shape index (κ3) is 2.34. The van der Waals surface area contributed by atoms with Gasteiger partial charge in [-0.1, -0.05) is 0 Å². The number of methoxy groups -OCH3 is 1. The highest BCUT2D eigenvalue weighted by Crippen LogP contribution is 2.52. The molecule has 1 heterocycles. The third-order valence-corrected chi connectivity index (χ3v) is 4.41. The van der Waals surface area contributed by atoms with Gasteiger partial charge < -0.3 is 10.5 Å². The summed E-state index contributed by atoms with van der Waals surface area (Å²) in [5.74, 6) is 3.00. The van der Waals surface area contributed by atoms with Gasteiger partial charge in [0.2, 0.25) is 0 Å². The molecule has 0 unspecified atom stereocenters. The molecule has 0 spiro atoms. The number of hydrogen-bond acceptors (Lipinski definition) is 5. The summed E-state index contributed by atoms with van der Waals surface area (Å²) >= 11 is 0. The lowest BCUT2D eigenvalue weighted by atomic mass is 10.1. The molecule has 0 radical (unpaired) electrons. The van der Waals surface area contributed by atoms with E-state index in [1.54, 1.807) is 13.2 Å². The van der Waals surface area contributed by atoms with Crippen LogP contribution in [0.4, 0.5) is 5.69 Å². The van der Waals surface area contributed by atoms with Crippen molar-refractivity contribution in [3.8, 4) is 17.1 Å². The lowest BCUT2D eigenvalue weighted by Crippen LogP contribution is -2.16. The van der Waals surface area contributed by atoms with Crippen LogP contribution >= 0.6 is 0 Å². The van der Waals surface area contributed by atoms with Gasteiger partial charge in [0.05, 0.1) is 13.2 Å². The molecule has 2 aromatic rings. The fraction of sp³-hybridized carbons (Fsp3) is 0.533. The zero-order chi connectivity index (χ0) is 14.4. The number of hydrogen-bond donors (Lipinski definition) is 1. The van der Waals surface area contributed by atoms with Crippen LogP contribution in [0.15, 0.2) is 18.2 Å². The molecule has 4 rings (SSSR count). The number of ether oxygens (including phenoxy) is 1. The minimum atomic E-state index is 0.447. The van der Waals surface area contributed by atoms with E-state index in [2.05, 4.69) is 15.5 Å². The Labute approximate surface area is 123 Å². The molecule has 2 aliphatic carbocycles. The second-order valence-corrected chi connectivity index (χ2v) is 6.11. The molecule has 21 heavy (non-hydrogen) atoms. The largest absolute Gasteiger partial charge is 0.497 e. The van der Waals surface area contributed by atoms with Crippen LogP contribution in [0.3, 0.4) is 0 Å². The van der Waals surface area contributed by atoms with E-state index in [1.165, 1.54) is 25.7 Å². The smallest absolute Gasteiger partial charge is 0.182 e. The number of anilines is 1. The Morgan fingerprint density at radius 2 is 1.90 bits per heavy atom. The Morgan fingerprint density at radius 3 is 2.52 bits per heavy atom. The quantitative estimate of drug-likeness (QED) is 0.853. The van der Waals surface area contributed by atoms with Gasteiger partial charge in [-0.25, -0.2) is 4.68 Å². The Morgan fingerprint density at radius 1 is 1.19 bits per heavy atom. The van der Waals surface area contributed by atoms with Crippen molar-refractivity contribution in [2.45, 2.75) is 31.7 Å². The molecule has 0 atom stereocenters. The summed E-state index contributed by atoms with van der Waals surface area (Å²) in [6, 6.07) is 6.09. The Balaban J connectivity index is 1.75. The van der Waals surface area contributed by atoms with Crippen LogP contribution in [0.2, 0.25) is 0 Å². The highest BCUT2D eigenvalue weighted by atomic mass is 16.5. The van der Waals surface area contributed by atoms with Crippen molar-refractivity contribution in [1.29, 1.82) is 0 Å². The molecule has 2 saturated carbocycles. The molecule has 0 saturated heterocycles. The zero-order valence-electron chi connectivity index (χ0n) is 12.1.